The summed E-state index contributed by atoms with van der Waals surface area (Å²) in [5, 5.41) is 8.51. The highest BCUT2D eigenvalue weighted by Crippen LogP contribution is 2.21. The summed E-state index contributed by atoms with van der Waals surface area (Å²) >= 11 is 0. The molecule has 0 bridgehead atoms. The fraction of sp³-hybridized carbons (Fsp3) is 0.111. The molecule has 5 nitrogen and oxygen atoms in total. The van der Waals surface area contributed by atoms with Crippen LogP contribution in [0.5, 0.6) is 0 Å². The number of halogens is 2. The largest absolute Gasteiger partial charge is 0.289 e. The number of rotatable bonds is 2. The molecule has 0 atom stereocenters. The Morgan fingerprint density at radius 1 is 1.56 bits per heavy atom. The Morgan fingerprint density at radius 3 is 2.75 bits per heavy atom. The molecule has 0 radical (unpaired) electrons. The first kappa shape index (κ1) is 11.6. The molecule has 0 spiro atoms. The summed E-state index contributed by atoms with van der Waals surface area (Å²) in [4.78, 5) is 26.9. The van der Waals surface area contributed by atoms with E-state index in [0.29, 0.717) is 0 Å². The van der Waals surface area contributed by atoms with E-state index in [2.05, 4.69) is 9.98 Å². The van der Waals surface area contributed by atoms with Crippen LogP contribution >= 0.6 is 0 Å². The molecular weight excluding hydrogens is 220 g/mol. The second-order valence-corrected chi connectivity index (χ2v) is 2.58. The van der Waals surface area contributed by atoms with Crippen molar-refractivity contribution in [3.05, 3.63) is 29.1 Å². The number of aromatic nitrogens is 1. The van der Waals surface area contributed by atoms with Crippen molar-refractivity contribution in [2.75, 3.05) is 0 Å². The minimum absolute atomic E-state index is 0.0751. The number of hydrogen-bond donors (Lipinski definition) is 0. The molecule has 0 aliphatic rings. The quantitative estimate of drug-likeness (QED) is 0.559. The predicted molar refractivity (Wildman–Crippen MR) is 46.4 cm³/mol. The lowest BCUT2D eigenvalue weighted by molar-refractivity contribution is 0.0985. The van der Waals surface area contributed by atoms with E-state index >= 15 is 0 Å². The molecule has 0 aliphatic carbocycles. The summed E-state index contributed by atoms with van der Waals surface area (Å²) < 4.78 is 24.9. The lowest BCUT2D eigenvalue weighted by Crippen LogP contribution is -2.05. The van der Waals surface area contributed by atoms with Gasteiger partial charge in [0.1, 0.15) is 11.8 Å². The summed E-state index contributed by atoms with van der Waals surface area (Å²) in [6, 6.07) is 2.53. The minimum Gasteiger partial charge on any atom is -0.266 e. The molecule has 1 aromatic rings. The van der Waals surface area contributed by atoms with Gasteiger partial charge in [-0.3, -0.25) is 9.78 Å². The van der Waals surface area contributed by atoms with Crippen molar-refractivity contribution in [2.24, 2.45) is 4.99 Å². The Bertz CT molecular complexity index is 516. The van der Waals surface area contributed by atoms with Gasteiger partial charge in [0.25, 0.3) is 12.3 Å². The van der Waals surface area contributed by atoms with Crippen LogP contribution in [0.4, 0.5) is 8.78 Å². The number of hydrogen-bond acceptors (Lipinski definition) is 4. The fourth-order valence-corrected chi connectivity index (χ4v) is 0.983. The molecule has 0 unspecified atom stereocenters. The molecule has 80 valence electrons. The van der Waals surface area contributed by atoms with Gasteiger partial charge >= 0.3 is 0 Å². The van der Waals surface area contributed by atoms with Crippen molar-refractivity contribution in [3.63, 3.8) is 0 Å². The van der Waals surface area contributed by atoms with E-state index in [1.807, 2.05) is 0 Å². The molecule has 0 aromatic carbocycles. The van der Waals surface area contributed by atoms with E-state index in [9.17, 15) is 18.4 Å². The van der Waals surface area contributed by atoms with Gasteiger partial charge in [0.05, 0.1) is 11.1 Å². The summed E-state index contributed by atoms with van der Waals surface area (Å²) in [7, 11) is 0. The third-order valence-electron chi connectivity index (χ3n) is 1.63. The van der Waals surface area contributed by atoms with Gasteiger partial charge in [0.2, 0.25) is 6.08 Å². The maximum absolute atomic E-state index is 12.4. The van der Waals surface area contributed by atoms with Crippen LogP contribution in [0.15, 0.2) is 17.3 Å². The van der Waals surface area contributed by atoms with E-state index in [0.717, 1.165) is 18.3 Å². The van der Waals surface area contributed by atoms with Crippen LogP contribution in [0.3, 0.4) is 0 Å². The lowest BCUT2D eigenvalue weighted by atomic mass is 10.1. The lowest BCUT2D eigenvalue weighted by Gasteiger charge is -2.03. The van der Waals surface area contributed by atoms with Crippen molar-refractivity contribution < 1.29 is 18.4 Å². The number of pyridine rings is 1. The van der Waals surface area contributed by atoms with Gasteiger partial charge < -0.3 is 0 Å². The molecule has 0 fully saturated rings. The summed E-state index contributed by atoms with van der Waals surface area (Å²) in [6.07, 6.45) is -1.15. The van der Waals surface area contributed by atoms with Crippen LogP contribution in [0.2, 0.25) is 0 Å². The number of carbonyl (C=O) groups is 1. The molecule has 1 aromatic heterocycles. The third-order valence-corrected chi connectivity index (χ3v) is 1.63. The number of amides is 1. The molecule has 0 saturated heterocycles. The normalized spacial score (nSPS) is 9.38. The maximum Gasteiger partial charge on any atom is 0.289 e. The Hall–Kier alpha value is -2.45. The summed E-state index contributed by atoms with van der Waals surface area (Å²) in [6.45, 7) is 0. The van der Waals surface area contributed by atoms with Gasteiger partial charge in [0.15, 0.2) is 0 Å². The van der Waals surface area contributed by atoms with Crippen molar-refractivity contribution in [1.82, 2.24) is 4.98 Å². The zero-order valence-electron chi connectivity index (χ0n) is 7.65. The monoisotopic (exact) mass is 223 g/mol. The molecule has 7 heteroatoms. The van der Waals surface area contributed by atoms with Crippen LogP contribution in [0.1, 0.15) is 28.0 Å². The number of nitrogens with zero attached hydrogens (tertiary/aromatic N) is 3. The van der Waals surface area contributed by atoms with Gasteiger partial charge in [-0.05, 0) is 6.07 Å². The van der Waals surface area contributed by atoms with Gasteiger partial charge in [-0.1, -0.05) is 0 Å². The first-order chi connectivity index (χ1) is 7.60. The number of carbonyl (C=O) groups excluding carboxylic acids is 2. The molecule has 1 rings (SSSR count). The zero-order chi connectivity index (χ0) is 12.1. The fourth-order valence-electron chi connectivity index (χ4n) is 0.983. The number of isocyanates is 1. The highest BCUT2D eigenvalue weighted by molar-refractivity contribution is 5.98. The van der Waals surface area contributed by atoms with E-state index in [-0.39, 0.29) is 5.56 Å². The SMILES string of the molecule is N#Cc1cnc(C(F)F)c(C(=O)N=C=O)c1. The first-order valence-corrected chi connectivity index (χ1v) is 3.90. The van der Waals surface area contributed by atoms with Gasteiger partial charge in [-0.25, -0.2) is 13.6 Å². The third kappa shape index (κ3) is 2.32. The average molecular weight is 223 g/mol. The number of alkyl halides is 2. The van der Waals surface area contributed by atoms with E-state index < -0.39 is 23.6 Å². The standard InChI is InChI=1S/C9H3F2N3O2/c10-8(11)7-6(9(16)14-4-15)1-5(2-12)3-13-7/h1,3,8H. The Kier molecular flexibility index (Phi) is 3.53. The molecule has 1 amide bonds. The van der Waals surface area contributed by atoms with Crippen LogP contribution in [-0.2, 0) is 4.79 Å². The Morgan fingerprint density at radius 2 is 2.25 bits per heavy atom. The first-order valence-electron chi connectivity index (χ1n) is 3.90. The topological polar surface area (TPSA) is 83.2 Å². The molecular formula is C9H3F2N3O2. The second kappa shape index (κ2) is 4.87. The summed E-state index contributed by atoms with van der Waals surface area (Å²) in [5.74, 6) is -1.20. The van der Waals surface area contributed by atoms with E-state index in [1.165, 1.54) is 0 Å². The van der Waals surface area contributed by atoms with Gasteiger partial charge in [-0.2, -0.15) is 5.26 Å². The highest BCUT2D eigenvalue weighted by atomic mass is 19.3. The van der Waals surface area contributed by atoms with E-state index in [1.54, 1.807) is 6.07 Å². The summed E-state index contributed by atoms with van der Waals surface area (Å²) in [5.41, 5.74) is -1.46. The van der Waals surface area contributed by atoms with Crippen LogP contribution in [0.25, 0.3) is 0 Å². The Balaban J connectivity index is 3.37. The van der Waals surface area contributed by atoms with Crippen molar-refractivity contribution >= 4 is 12.0 Å². The van der Waals surface area contributed by atoms with Crippen LogP contribution in [-0.4, -0.2) is 17.0 Å². The minimum atomic E-state index is -2.99. The van der Waals surface area contributed by atoms with E-state index in [4.69, 9.17) is 5.26 Å². The van der Waals surface area contributed by atoms with Crippen LogP contribution < -0.4 is 0 Å². The second-order valence-electron chi connectivity index (χ2n) is 2.58. The van der Waals surface area contributed by atoms with Crippen molar-refractivity contribution in [3.8, 4) is 6.07 Å². The molecule has 0 saturated carbocycles. The highest BCUT2D eigenvalue weighted by Gasteiger charge is 2.20. The maximum atomic E-state index is 12.4. The van der Waals surface area contributed by atoms with Gasteiger partial charge in [0, 0.05) is 6.20 Å². The predicted octanol–water partition coefficient (Wildman–Crippen LogP) is 1.37. The van der Waals surface area contributed by atoms with Crippen LogP contribution in [0, 0.1) is 11.3 Å². The zero-order valence-corrected chi connectivity index (χ0v) is 7.65. The molecule has 1 heterocycles. The molecule has 16 heavy (non-hydrogen) atoms. The number of aliphatic imine (C=N–C) groups is 1. The number of nitriles is 1. The van der Waals surface area contributed by atoms with Gasteiger partial charge in [-0.15, -0.1) is 4.99 Å². The Labute approximate surface area is 88.1 Å². The average Bonchev–Trinajstić information content (AvgIpc) is 2.28. The smallest absolute Gasteiger partial charge is 0.266 e. The molecule has 0 aliphatic heterocycles. The van der Waals surface area contributed by atoms with Crippen molar-refractivity contribution in [1.29, 1.82) is 5.26 Å². The van der Waals surface area contributed by atoms with Crippen molar-refractivity contribution in [2.45, 2.75) is 6.43 Å². The molecule has 0 N–H and O–H groups in total.